The van der Waals surface area contributed by atoms with Crippen LogP contribution in [0, 0.1) is 11.6 Å². The Morgan fingerprint density at radius 1 is 1.00 bits per heavy atom. The van der Waals surface area contributed by atoms with Crippen LogP contribution < -0.4 is 19.5 Å². The molecule has 0 spiro atoms. The summed E-state index contributed by atoms with van der Waals surface area (Å²) in [6.07, 6.45) is 0. The molecule has 0 aromatic heterocycles. The number of ether oxygens (including phenoxy) is 2. The van der Waals surface area contributed by atoms with Gasteiger partial charge < -0.3 is 15.2 Å². The predicted octanol–water partition coefficient (Wildman–Crippen LogP) is 5.12. The maximum absolute atomic E-state index is 14.6. The minimum Gasteiger partial charge on any atom is -0.493 e. The SMILES string of the molecule is COc1ccc(S(=O)(=O)N(CC(N)=O)c2cc(Cl)c(Cl)cc2C(C)c2c(F)cccc2F)cc1OC. The highest BCUT2D eigenvalue weighted by atomic mass is 35.5. The molecular formula is C24H22Cl2F2N2O5S. The smallest absolute Gasteiger partial charge is 0.264 e. The zero-order chi connectivity index (χ0) is 26.8. The summed E-state index contributed by atoms with van der Waals surface area (Å²) in [5.41, 5.74) is 5.04. The van der Waals surface area contributed by atoms with Crippen LogP contribution in [0.1, 0.15) is 24.0 Å². The Kier molecular flexibility index (Phi) is 8.33. The molecule has 0 aliphatic rings. The van der Waals surface area contributed by atoms with Gasteiger partial charge in [0.25, 0.3) is 10.0 Å². The van der Waals surface area contributed by atoms with E-state index in [9.17, 15) is 22.0 Å². The Hall–Kier alpha value is -3.08. The van der Waals surface area contributed by atoms with E-state index in [0.29, 0.717) is 4.31 Å². The highest BCUT2D eigenvalue weighted by Crippen LogP contribution is 2.41. The molecule has 3 aromatic carbocycles. The minimum atomic E-state index is -4.49. The normalized spacial score (nSPS) is 12.2. The second-order valence-electron chi connectivity index (χ2n) is 7.68. The minimum absolute atomic E-state index is 0.0153. The summed E-state index contributed by atoms with van der Waals surface area (Å²) in [4.78, 5) is 11.7. The maximum Gasteiger partial charge on any atom is 0.264 e. The number of hydrogen-bond donors (Lipinski definition) is 1. The van der Waals surface area contributed by atoms with Gasteiger partial charge in [0.1, 0.15) is 18.2 Å². The van der Waals surface area contributed by atoms with Crippen LogP contribution in [0.5, 0.6) is 11.5 Å². The van der Waals surface area contributed by atoms with Crippen LogP contribution in [0.2, 0.25) is 10.0 Å². The van der Waals surface area contributed by atoms with Crippen molar-refractivity contribution in [2.75, 3.05) is 25.1 Å². The molecule has 3 aromatic rings. The molecule has 0 saturated heterocycles. The Balaban J connectivity index is 2.29. The lowest BCUT2D eigenvalue weighted by atomic mass is 9.91. The molecule has 0 saturated carbocycles. The van der Waals surface area contributed by atoms with E-state index in [-0.39, 0.29) is 43.3 Å². The third kappa shape index (κ3) is 5.35. The average molecular weight is 559 g/mol. The Labute approximate surface area is 217 Å². The van der Waals surface area contributed by atoms with E-state index in [1.54, 1.807) is 0 Å². The Morgan fingerprint density at radius 2 is 1.58 bits per heavy atom. The first kappa shape index (κ1) is 27.5. The molecule has 3 rings (SSSR count). The molecule has 0 radical (unpaired) electrons. The topological polar surface area (TPSA) is 98.9 Å². The van der Waals surface area contributed by atoms with Gasteiger partial charge in [-0.2, -0.15) is 0 Å². The van der Waals surface area contributed by atoms with Crippen molar-refractivity contribution in [1.82, 2.24) is 0 Å². The highest BCUT2D eigenvalue weighted by Gasteiger charge is 2.32. The van der Waals surface area contributed by atoms with Gasteiger partial charge in [-0.25, -0.2) is 17.2 Å². The van der Waals surface area contributed by atoms with Gasteiger partial charge in [0.2, 0.25) is 5.91 Å². The first-order chi connectivity index (χ1) is 16.9. The number of halogens is 4. The van der Waals surface area contributed by atoms with E-state index < -0.39 is 40.0 Å². The fourth-order valence-corrected chi connectivity index (χ4v) is 5.53. The van der Waals surface area contributed by atoms with Crippen molar-refractivity contribution in [3.05, 3.63) is 81.3 Å². The first-order valence-electron chi connectivity index (χ1n) is 10.4. The fraction of sp³-hybridized carbons (Fsp3) is 0.208. The van der Waals surface area contributed by atoms with Crippen molar-refractivity contribution in [2.45, 2.75) is 17.7 Å². The lowest BCUT2D eigenvalue weighted by Gasteiger charge is -2.28. The summed E-state index contributed by atoms with van der Waals surface area (Å²) in [7, 11) is -1.77. The second-order valence-corrected chi connectivity index (χ2v) is 10.4. The molecule has 1 unspecified atom stereocenters. The van der Waals surface area contributed by atoms with Crippen molar-refractivity contribution in [3.63, 3.8) is 0 Å². The summed E-state index contributed by atoms with van der Waals surface area (Å²) in [5.74, 6) is -3.31. The van der Waals surface area contributed by atoms with Crippen molar-refractivity contribution in [2.24, 2.45) is 5.73 Å². The van der Waals surface area contributed by atoms with Gasteiger partial charge in [0.15, 0.2) is 11.5 Å². The zero-order valence-electron chi connectivity index (χ0n) is 19.4. The van der Waals surface area contributed by atoms with Crippen molar-refractivity contribution in [3.8, 4) is 11.5 Å². The predicted molar refractivity (Wildman–Crippen MR) is 134 cm³/mol. The van der Waals surface area contributed by atoms with Gasteiger partial charge in [-0.15, -0.1) is 0 Å². The largest absolute Gasteiger partial charge is 0.493 e. The molecule has 12 heteroatoms. The molecule has 2 N–H and O–H groups in total. The van der Waals surface area contributed by atoms with Crippen LogP contribution >= 0.6 is 23.2 Å². The molecule has 36 heavy (non-hydrogen) atoms. The number of carbonyl (C=O) groups is 1. The average Bonchev–Trinajstić information content (AvgIpc) is 2.83. The summed E-state index contributed by atoms with van der Waals surface area (Å²) in [6, 6.07) is 9.70. The van der Waals surface area contributed by atoms with Crippen LogP contribution in [-0.2, 0) is 14.8 Å². The number of hydrogen-bond acceptors (Lipinski definition) is 5. The lowest BCUT2D eigenvalue weighted by Crippen LogP contribution is -2.39. The molecular weight excluding hydrogens is 537 g/mol. The molecule has 0 heterocycles. The molecule has 1 amide bonds. The highest BCUT2D eigenvalue weighted by molar-refractivity contribution is 7.92. The summed E-state index contributed by atoms with van der Waals surface area (Å²) >= 11 is 12.4. The molecule has 0 aliphatic carbocycles. The third-order valence-corrected chi connectivity index (χ3v) is 7.96. The summed E-state index contributed by atoms with van der Waals surface area (Å²) in [6.45, 7) is 0.671. The monoisotopic (exact) mass is 558 g/mol. The number of primary amides is 1. The number of carbonyl (C=O) groups excluding carboxylic acids is 1. The first-order valence-corrected chi connectivity index (χ1v) is 12.6. The van der Waals surface area contributed by atoms with Gasteiger partial charge in [-0.05, 0) is 42.0 Å². The van der Waals surface area contributed by atoms with Crippen molar-refractivity contribution < 1.29 is 31.5 Å². The van der Waals surface area contributed by atoms with Gasteiger partial charge in [0.05, 0.1) is 34.8 Å². The Morgan fingerprint density at radius 3 is 2.14 bits per heavy atom. The van der Waals surface area contributed by atoms with Crippen LogP contribution in [0.4, 0.5) is 14.5 Å². The van der Waals surface area contributed by atoms with E-state index in [1.165, 1.54) is 57.5 Å². The second kappa shape index (κ2) is 10.9. The van der Waals surface area contributed by atoms with Gasteiger partial charge in [0, 0.05) is 17.5 Å². The van der Waals surface area contributed by atoms with E-state index in [4.69, 9.17) is 38.4 Å². The number of nitrogens with two attached hydrogens (primary N) is 1. The van der Waals surface area contributed by atoms with Crippen molar-refractivity contribution >= 4 is 44.8 Å². The number of nitrogens with zero attached hydrogens (tertiary/aromatic N) is 1. The molecule has 1 atom stereocenters. The fourth-order valence-electron chi connectivity index (χ4n) is 3.74. The van der Waals surface area contributed by atoms with Crippen LogP contribution in [-0.4, -0.2) is 35.1 Å². The van der Waals surface area contributed by atoms with Crippen LogP contribution in [0.15, 0.2) is 53.4 Å². The summed E-state index contributed by atoms with van der Waals surface area (Å²) < 4.78 is 67.9. The van der Waals surface area contributed by atoms with Crippen LogP contribution in [0.25, 0.3) is 0 Å². The van der Waals surface area contributed by atoms with Gasteiger partial charge in [-0.3, -0.25) is 9.10 Å². The number of methoxy groups -OCH3 is 2. The zero-order valence-corrected chi connectivity index (χ0v) is 21.7. The van der Waals surface area contributed by atoms with E-state index in [1.807, 2.05) is 0 Å². The number of sulfonamides is 1. The Bertz CT molecular complexity index is 1400. The van der Waals surface area contributed by atoms with Gasteiger partial charge >= 0.3 is 0 Å². The van der Waals surface area contributed by atoms with Crippen LogP contribution in [0.3, 0.4) is 0 Å². The lowest BCUT2D eigenvalue weighted by molar-refractivity contribution is -0.116. The summed E-state index contributed by atoms with van der Waals surface area (Å²) in [5, 5.41) is -0.0323. The molecule has 192 valence electrons. The van der Waals surface area contributed by atoms with Crippen molar-refractivity contribution in [1.29, 1.82) is 0 Å². The molecule has 0 fully saturated rings. The van der Waals surface area contributed by atoms with E-state index in [0.717, 1.165) is 12.1 Å². The van der Waals surface area contributed by atoms with E-state index >= 15 is 0 Å². The quantitative estimate of drug-likeness (QED) is 0.393. The number of amides is 1. The maximum atomic E-state index is 14.6. The van der Waals surface area contributed by atoms with Gasteiger partial charge in [-0.1, -0.05) is 36.2 Å². The number of benzene rings is 3. The molecule has 7 nitrogen and oxygen atoms in total. The molecule has 0 aliphatic heterocycles. The molecule has 0 bridgehead atoms. The number of rotatable bonds is 9. The third-order valence-electron chi connectivity index (χ3n) is 5.48. The number of anilines is 1. The standard InChI is InChI=1S/C24H22Cl2F2N2O5S/c1-13(24-18(27)5-4-6-19(24)28)15-10-16(25)17(26)11-20(15)30(12-23(29)31)36(32,33)14-7-8-21(34-2)22(9-14)35-3/h4-11,13H,12H2,1-3H3,(H2,29,31). The van der Waals surface area contributed by atoms with E-state index in [2.05, 4.69) is 0 Å².